The smallest absolute Gasteiger partial charge is 0.260 e. The number of benzene rings is 2. The molecule has 136 valence electrons. The number of anilines is 1. The number of nitrogens with zero attached hydrogens (tertiary/aromatic N) is 4. The van der Waals surface area contributed by atoms with Crippen LogP contribution in [0.25, 0.3) is 10.2 Å². The Morgan fingerprint density at radius 1 is 1.11 bits per heavy atom. The van der Waals surface area contributed by atoms with Gasteiger partial charge in [0.1, 0.15) is 11.3 Å². The molecule has 2 heterocycles. The van der Waals surface area contributed by atoms with Crippen LogP contribution in [0.4, 0.5) is 9.52 Å². The van der Waals surface area contributed by atoms with E-state index in [-0.39, 0.29) is 18.0 Å². The van der Waals surface area contributed by atoms with Gasteiger partial charge in [-0.3, -0.25) is 14.7 Å². The van der Waals surface area contributed by atoms with Gasteiger partial charge in [0.05, 0.1) is 22.9 Å². The molecule has 0 spiro atoms. The Bertz CT molecular complexity index is 1180. The molecule has 7 heteroatoms. The number of aromatic nitrogens is 2. The molecule has 0 unspecified atom stereocenters. The monoisotopic (exact) mass is 388 g/mol. The molecule has 0 aliphatic rings. The molecule has 0 aliphatic carbocycles. The zero-order valence-electron chi connectivity index (χ0n) is 14.5. The molecule has 2 aromatic carbocycles. The molecule has 0 saturated heterocycles. The standard InChI is InChI=1S/C21H13FN4OS/c22-17-2-1-3-18-19(17)25-21(28-18)26(13-15-8-10-24-11-9-15)20(27)16-6-4-14(12-23)5-7-16/h1-11H,13H2. The highest BCUT2D eigenvalue weighted by Gasteiger charge is 2.22. The molecule has 0 N–H and O–H groups in total. The number of hydrogen-bond acceptors (Lipinski definition) is 5. The summed E-state index contributed by atoms with van der Waals surface area (Å²) in [5.41, 5.74) is 2.01. The number of rotatable bonds is 4. The summed E-state index contributed by atoms with van der Waals surface area (Å²) in [5, 5.41) is 9.37. The number of amides is 1. The van der Waals surface area contributed by atoms with Gasteiger partial charge in [-0.15, -0.1) is 0 Å². The summed E-state index contributed by atoms with van der Waals surface area (Å²) < 4.78 is 14.8. The van der Waals surface area contributed by atoms with Crippen molar-refractivity contribution in [3.05, 3.63) is 89.5 Å². The fourth-order valence-electron chi connectivity index (χ4n) is 2.76. The lowest BCUT2D eigenvalue weighted by atomic mass is 10.1. The average Bonchev–Trinajstić information content (AvgIpc) is 3.18. The fourth-order valence-corrected chi connectivity index (χ4v) is 3.74. The van der Waals surface area contributed by atoms with Crippen LogP contribution in [0.2, 0.25) is 0 Å². The number of hydrogen-bond donors (Lipinski definition) is 0. The van der Waals surface area contributed by atoms with E-state index in [1.54, 1.807) is 48.8 Å². The molecule has 0 atom stereocenters. The van der Waals surface area contributed by atoms with Crippen molar-refractivity contribution in [2.45, 2.75) is 6.54 Å². The van der Waals surface area contributed by atoms with E-state index in [4.69, 9.17) is 5.26 Å². The van der Waals surface area contributed by atoms with Crippen molar-refractivity contribution in [1.82, 2.24) is 9.97 Å². The minimum Gasteiger partial charge on any atom is -0.279 e. The van der Waals surface area contributed by atoms with E-state index in [1.807, 2.05) is 18.2 Å². The van der Waals surface area contributed by atoms with Crippen molar-refractivity contribution in [2.75, 3.05) is 4.90 Å². The van der Waals surface area contributed by atoms with Gasteiger partial charge in [0.2, 0.25) is 0 Å². The first-order valence-corrected chi connectivity index (χ1v) is 9.23. The minimum atomic E-state index is -0.422. The van der Waals surface area contributed by atoms with Crippen LogP contribution in [0.1, 0.15) is 21.5 Å². The topological polar surface area (TPSA) is 69.9 Å². The summed E-state index contributed by atoms with van der Waals surface area (Å²) in [4.78, 5) is 23.1. The Kier molecular flexibility index (Phi) is 4.79. The van der Waals surface area contributed by atoms with Crippen molar-refractivity contribution >= 4 is 32.6 Å². The normalized spacial score (nSPS) is 10.6. The highest BCUT2D eigenvalue weighted by molar-refractivity contribution is 7.22. The molecule has 0 fully saturated rings. The van der Waals surface area contributed by atoms with E-state index in [2.05, 4.69) is 9.97 Å². The minimum absolute atomic E-state index is 0.245. The third-order valence-corrected chi connectivity index (χ3v) is 5.23. The summed E-state index contributed by atoms with van der Waals surface area (Å²) in [6.45, 7) is 0.267. The molecule has 2 aromatic heterocycles. The maximum absolute atomic E-state index is 14.1. The Labute approximate surface area is 164 Å². The van der Waals surface area contributed by atoms with Crippen LogP contribution < -0.4 is 4.90 Å². The fraction of sp³-hybridized carbons (Fsp3) is 0.0476. The SMILES string of the molecule is N#Cc1ccc(C(=O)N(Cc2ccncc2)c2nc3c(F)cccc3s2)cc1. The molecule has 0 saturated carbocycles. The number of pyridine rings is 1. The molecule has 5 nitrogen and oxygen atoms in total. The first-order chi connectivity index (χ1) is 13.7. The number of thiazole rings is 1. The summed E-state index contributed by atoms with van der Waals surface area (Å²) in [6.07, 6.45) is 3.30. The number of halogens is 1. The number of carbonyl (C=O) groups excluding carboxylic acids is 1. The lowest BCUT2D eigenvalue weighted by molar-refractivity contribution is 0.0985. The van der Waals surface area contributed by atoms with E-state index >= 15 is 0 Å². The van der Waals surface area contributed by atoms with Crippen LogP contribution in [0.3, 0.4) is 0 Å². The largest absolute Gasteiger partial charge is 0.279 e. The van der Waals surface area contributed by atoms with Crippen molar-refractivity contribution < 1.29 is 9.18 Å². The van der Waals surface area contributed by atoms with E-state index in [9.17, 15) is 9.18 Å². The second kappa shape index (κ2) is 7.55. The lowest BCUT2D eigenvalue weighted by Gasteiger charge is -2.20. The third-order valence-electron chi connectivity index (χ3n) is 4.19. The Morgan fingerprint density at radius 2 is 1.86 bits per heavy atom. The molecule has 0 radical (unpaired) electrons. The van der Waals surface area contributed by atoms with Crippen LogP contribution in [0.15, 0.2) is 67.0 Å². The van der Waals surface area contributed by atoms with Crippen LogP contribution in [-0.4, -0.2) is 15.9 Å². The van der Waals surface area contributed by atoms with E-state index in [0.29, 0.717) is 21.0 Å². The first kappa shape index (κ1) is 17.8. The van der Waals surface area contributed by atoms with Crippen LogP contribution in [0.5, 0.6) is 0 Å². The number of para-hydroxylation sites is 1. The Balaban J connectivity index is 1.77. The van der Waals surface area contributed by atoms with Gasteiger partial charge >= 0.3 is 0 Å². The van der Waals surface area contributed by atoms with Gasteiger partial charge in [-0.1, -0.05) is 17.4 Å². The second-order valence-electron chi connectivity index (χ2n) is 6.02. The van der Waals surface area contributed by atoms with Gasteiger partial charge < -0.3 is 0 Å². The molecule has 28 heavy (non-hydrogen) atoms. The average molecular weight is 388 g/mol. The van der Waals surface area contributed by atoms with Gasteiger partial charge in [-0.25, -0.2) is 9.37 Å². The Morgan fingerprint density at radius 3 is 2.54 bits per heavy atom. The first-order valence-electron chi connectivity index (χ1n) is 8.41. The molecule has 1 amide bonds. The predicted molar refractivity (Wildman–Crippen MR) is 105 cm³/mol. The molecular weight excluding hydrogens is 375 g/mol. The summed E-state index contributed by atoms with van der Waals surface area (Å²) in [7, 11) is 0. The molecule has 4 rings (SSSR count). The number of fused-ring (bicyclic) bond motifs is 1. The number of nitriles is 1. The van der Waals surface area contributed by atoms with Gasteiger partial charge in [-0.05, 0) is 54.1 Å². The summed E-state index contributed by atoms with van der Waals surface area (Å²) in [6, 6.07) is 16.8. The van der Waals surface area contributed by atoms with Crippen LogP contribution in [-0.2, 0) is 6.54 Å². The zero-order chi connectivity index (χ0) is 19.5. The van der Waals surface area contributed by atoms with Crippen molar-refractivity contribution in [1.29, 1.82) is 5.26 Å². The molecule has 0 bridgehead atoms. The van der Waals surface area contributed by atoms with Gasteiger partial charge in [-0.2, -0.15) is 5.26 Å². The van der Waals surface area contributed by atoms with Crippen molar-refractivity contribution in [3.8, 4) is 6.07 Å². The van der Waals surface area contributed by atoms with Gasteiger partial charge in [0.25, 0.3) is 5.91 Å². The molecular formula is C21H13FN4OS. The Hall–Kier alpha value is -3.63. The lowest BCUT2D eigenvalue weighted by Crippen LogP contribution is -2.30. The quantitative estimate of drug-likeness (QED) is 0.514. The highest BCUT2D eigenvalue weighted by Crippen LogP contribution is 2.32. The van der Waals surface area contributed by atoms with Crippen LogP contribution >= 0.6 is 11.3 Å². The zero-order valence-corrected chi connectivity index (χ0v) is 15.4. The maximum atomic E-state index is 14.1. The van der Waals surface area contributed by atoms with Gasteiger partial charge in [0.15, 0.2) is 5.13 Å². The third kappa shape index (κ3) is 3.46. The van der Waals surface area contributed by atoms with Gasteiger partial charge in [0, 0.05) is 18.0 Å². The van der Waals surface area contributed by atoms with Crippen LogP contribution in [0, 0.1) is 17.1 Å². The molecule has 0 aliphatic heterocycles. The molecule has 4 aromatic rings. The highest BCUT2D eigenvalue weighted by atomic mass is 32.1. The van der Waals surface area contributed by atoms with Crippen molar-refractivity contribution in [3.63, 3.8) is 0 Å². The van der Waals surface area contributed by atoms with E-state index in [0.717, 1.165) is 5.56 Å². The second-order valence-corrected chi connectivity index (χ2v) is 7.03. The van der Waals surface area contributed by atoms with E-state index < -0.39 is 5.82 Å². The predicted octanol–water partition coefficient (Wildman–Crippen LogP) is 4.55. The summed E-state index contributed by atoms with van der Waals surface area (Å²) in [5.74, 6) is -0.699. The summed E-state index contributed by atoms with van der Waals surface area (Å²) >= 11 is 1.26. The van der Waals surface area contributed by atoms with Crippen molar-refractivity contribution in [2.24, 2.45) is 0 Å². The number of carbonyl (C=O) groups is 1. The maximum Gasteiger partial charge on any atom is 0.260 e. The van der Waals surface area contributed by atoms with E-state index in [1.165, 1.54) is 22.3 Å².